The minimum atomic E-state index is -3.61. The van der Waals surface area contributed by atoms with Gasteiger partial charge in [-0.05, 0) is 36.4 Å². The number of sulfone groups is 2. The highest BCUT2D eigenvalue weighted by Gasteiger charge is 2.20. The van der Waals surface area contributed by atoms with E-state index in [0.29, 0.717) is 0 Å². The maximum atomic E-state index is 12.4. The predicted octanol–water partition coefficient (Wildman–Crippen LogP) is 2.03. The normalized spacial score (nSPS) is 12.3. The molecule has 2 aromatic rings. The first-order valence-corrected chi connectivity index (χ1v) is 9.77. The van der Waals surface area contributed by atoms with Crippen molar-refractivity contribution in [1.29, 1.82) is 0 Å². The van der Waals surface area contributed by atoms with Crippen molar-refractivity contribution in [2.45, 2.75) is 14.0 Å². The molecule has 0 spiro atoms. The molecule has 1 N–H and O–H groups in total. The third kappa shape index (κ3) is 2.87. The molecule has 0 aliphatic carbocycles. The number of anilines is 1. The van der Waals surface area contributed by atoms with E-state index < -0.39 is 19.7 Å². The third-order valence-electron chi connectivity index (χ3n) is 2.65. The van der Waals surface area contributed by atoms with Crippen molar-refractivity contribution in [3.63, 3.8) is 0 Å². The smallest absolute Gasteiger partial charge is 0.216 e. The summed E-state index contributed by atoms with van der Waals surface area (Å²) in [5.74, 6) is 0. The third-order valence-corrected chi connectivity index (χ3v) is 7.15. The Labute approximate surface area is 122 Å². The van der Waals surface area contributed by atoms with Crippen molar-refractivity contribution in [2.75, 3.05) is 18.6 Å². The van der Waals surface area contributed by atoms with Gasteiger partial charge < -0.3 is 5.32 Å². The van der Waals surface area contributed by atoms with Gasteiger partial charge in [0.2, 0.25) is 9.84 Å². The van der Waals surface area contributed by atoms with Crippen molar-refractivity contribution < 1.29 is 16.8 Å². The second-order valence-electron chi connectivity index (χ2n) is 4.12. The molecule has 8 heteroatoms. The first-order chi connectivity index (χ1) is 9.25. The van der Waals surface area contributed by atoms with E-state index in [4.69, 9.17) is 0 Å². The van der Waals surface area contributed by atoms with Gasteiger partial charge in [0, 0.05) is 13.3 Å². The second-order valence-corrected chi connectivity index (χ2v) is 9.39. The summed E-state index contributed by atoms with van der Waals surface area (Å²) in [5.41, 5.74) is 0. The van der Waals surface area contributed by atoms with Crippen molar-refractivity contribution in [1.82, 2.24) is 0 Å². The molecular weight excluding hydrogens is 318 g/mol. The minimum absolute atomic E-state index is 0.0782. The first-order valence-electron chi connectivity index (χ1n) is 5.58. The zero-order valence-electron chi connectivity index (χ0n) is 10.8. The van der Waals surface area contributed by atoms with E-state index in [2.05, 4.69) is 5.32 Å². The molecule has 0 amide bonds. The molecule has 0 radical (unpaired) electrons. The lowest BCUT2D eigenvalue weighted by Crippen LogP contribution is -2.01. The highest BCUT2D eigenvalue weighted by atomic mass is 32.2. The number of hydrogen-bond donors (Lipinski definition) is 1. The Morgan fingerprint density at radius 1 is 0.900 bits per heavy atom. The number of rotatable bonds is 4. The van der Waals surface area contributed by atoms with Crippen LogP contribution in [0.1, 0.15) is 0 Å². The maximum absolute atomic E-state index is 12.4. The number of hydrogen-bond acceptors (Lipinski definition) is 6. The van der Waals surface area contributed by atoms with E-state index in [1.54, 1.807) is 13.1 Å². The van der Waals surface area contributed by atoms with Gasteiger partial charge in [-0.2, -0.15) is 0 Å². The molecule has 0 atom stereocenters. The van der Waals surface area contributed by atoms with E-state index in [1.807, 2.05) is 0 Å². The lowest BCUT2D eigenvalue weighted by Gasteiger charge is -2.03. The summed E-state index contributed by atoms with van der Waals surface area (Å²) in [6, 6.07) is 8.43. The van der Waals surface area contributed by atoms with E-state index in [0.717, 1.165) is 22.6 Å². The average molecular weight is 331 g/mol. The van der Waals surface area contributed by atoms with Crippen LogP contribution in [0.4, 0.5) is 5.00 Å². The Balaban J connectivity index is 2.45. The fourth-order valence-corrected chi connectivity index (χ4v) is 4.77. The molecule has 0 aliphatic heterocycles. The van der Waals surface area contributed by atoms with Crippen molar-refractivity contribution in [2.24, 2.45) is 0 Å². The lowest BCUT2D eigenvalue weighted by atomic mass is 10.4. The van der Waals surface area contributed by atoms with Gasteiger partial charge >= 0.3 is 0 Å². The molecule has 2 rings (SSSR count). The first kappa shape index (κ1) is 15.0. The summed E-state index contributed by atoms with van der Waals surface area (Å²) in [5, 5.41) is 3.62. The zero-order valence-corrected chi connectivity index (χ0v) is 13.3. The Hall–Kier alpha value is -1.38. The van der Waals surface area contributed by atoms with Crippen LogP contribution in [0.2, 0.25) is 0 Å². The predicted molar refractivity (Wildman–Crippen MR) is 78.9 cm³/mol. The van der Waals surface area contributed by atoms with Gasteiger partial charge in [0.15, 0.2) is 9.84 Å². The highest BCUT2D eigenvalue weighted by molar-refractivity contribution is 7.93. The minimum Gasteiger partial charge on any atom is -0.380 e. The van der Waals surface area contributed by atoms with Crippen LogP contribution < -0.4 is 5.32 Å². The van der Waals surface area contributed by atoms with Crippen LogP contribution in [-0.4, -0.2) is 30.1 Å². The molecule has 0 aliphatic rings. The summed E-state index contributed by atoms with van der Waals surface area (Å²) in [6.45, 7) is 0. The van der Waals surface area contributed by atoms with Crippen molar-refractivity contribution in [3.8, 4) is 0 Å². The summed E-state index contributed by atoms with van der Waals surface area (Å²) in [7, 11) is -5.23. The van der Waals surface area contributed by atoms with Gasteiger partial charge in [0.1, 0.15) is 4.21 Å². The molecule has 0 saturated heterocycles. The van der Waals surface area contributed by atoms with Gasteiger partial charge in [-0.1, -0.05) is 0 Å². The van der Waals surface area contributed by atoms with E-state index in [1.165, 1.54) is 30.3 Å². The lowest BCUT2D eigenvalue weighted by molar-refractivity contribution is 0.595. The van der Waals surface area contributed by atoms with Crippen molar-refractivity contribution in [3.05, 3.63) is 36.4 Å². The van der Waals surface area contributed by atoms with Crippen LogP contribution in [0.15, 0.2) is 50.4 Å². The molecule has 1 aromatic heterocycles. The molecule has 0 unspecified atom stereocenters. The molecule has 1 aromatic carbocycles. The van der Waals surface area contributed by atoms with Crippen LogP contribution >= 0.6 is 11.3 Å². The number of nitrogens with one attached hydrogen (secondary N) is 1. The molecule has 0 saturated carbocycles. The Kier molecular flexibility index (Phi) is 3.90. The van der Waals surface area contributed by atoms with Gasteiger partial charge in [0.25, 0.3) is 0 Å². The van der Waals surface area contributed by atoms with Crippen molar-refractivity contribution >= 4 is 36.0 Å². The van der Waals surface area contributed by atoms with Crippen LogP contribution in [0.25, 0.3) is 0 Å². The monoisotopic (exact) mass is 331 g/mol. The Morgan fingerprint density at radius 2 is 1.45 bits per heavy atom. The summed E-state index contributed by atoms with van der Waals surface area (Å²) in [6.07, 6.45) is 1.08. The van der Waals surface area contributed by atoms with E-state index in [-0.39, 0.29) is 14.0 Å². The molecule has 0 fully saturated rings. The van der Waals surface area contributed by atoms with Crippen LogP contribution in [-0.2, 0) is 19.7 Å². The molecule has 0 bridgehead atoms. The molecule has 1 heterocycles. The van der Waals surface area contributed by atoms with Gasteiger partial charge in [-0.3, -0.25) is 0 Å². The summed E-state index contributed by atoms with van der Waals surface area (Å²) < 4.78 is 47.6. The summed E-state index contributed by atoms with van der Waals surface area (Å²) >= 11 is 1.13. The Bertz CT molecular complexity index is 818. The number of thiophene rings is 1. The van der Waals surface area contributed by atoms with Crippen LogP contribution in [0, 0.1) is 0 Å². The fraction of sp³-hybridized carbons (Fsp3) is 0.167. The average Bonchev–Trinajstić information content (AvgIpc) is 2.87. The van der Waals surface area contributed by atoms with Gasteiger partial charge in [0.05, 0.1) is 14.8 Å². The summed E-state index contributed by atoms with van der Waals surface area (Å²) in [4.78, 5) is 0.174. The highest BCUT2D eigenvalue weighted by Crippen LogP contribution is 2.30. The molecule has 20 heavy (non-hydrogen) atoms. The largest absolute Gasteiger partial charge is 0.380 e. The maximum Gasteiger partial charge on any atom is 0.216 e. The number of benzene rings is 1. The molecule has 108 valence electrons. The van der Waals surface area contributed by atoms with E-state index in [9.17, 15) is 16.8 Å². The topological polar surface area (TPSA) is 80.3 Å². The zero-order chi connectivity index (χ0) is 15.0. The molecule has 5 nitrogen and oxygen atoms in total. The standard InChI is InChI=1S/C12H13NO4S3/c1-13-11-7-8-12(18-11)20(16,17)10-5-3-9(4-6-10)19(2,14)15/h3-8,13H,1-2H3. The van der Waals surface area contributed by atoms with Crippen LogP contribution in [0.5, 0.6) is 0 Å². The van der Waals surface area contributed by atoms with Crippen LogP contribution in [0.3, 0.4) is 0 Å². The Morgan fingerprint density at radius 3 is 1.90 bits per heavy atom. The molecular formula is C12H13NO4S3. The fourth-order valence-electron chi connectivity index (χ4n) is 1.58. The second kappa shape index (κ2) is 5.19. The van der Waals surface area contributed by atoms with E-state index >= 15 is 0 Å². The van der Waals surface area contributed by atoms with Gasteiger partial charge in [-0.15, -0.1) is 11.3 Å². The SMILES string of the molecule is CNc1ccc(S(=O)(=O)c2ccc(S(C)(=O)=O)cc2)s1. The van der Waals surface area contributed by atoms with Gasteiger partial charge in [-0.25, -0.2) is 16.8 Å². The quantitative estimate of drug-likeness (QED) is 0.927.